The fraction of sp³-hybridized carbons (Fsp3) is 0.333. The first-order chi connectivity index (χ1) is 14.0. The van der Waals surface area contributed by atoms with Crippen LogP contribution >= 0.6 is 11.6 Å². The third-order valence-corrected chi connectivity index (χ3v) is 5.27. The van der Waals surface area contributed by atoms with Gasteiger partial charge in [0.2, 0.25) is 0 Å². The van der Waals surface area contributed by atoms with Gasteiger partial charge in [0.1, 0.15) is 0 Å². The van der Waals surface area contributed by atoms with E-state index in [4.69, 9.17) is 11.6 Å². The van der Waals surface area contributed by atoms with Crippen LogP contribution in [0.1, 0.15) is 52.8 Å². The van der Waals surface area contributed by atoms with Crippen molar-refractivity contribution in [3.05, 3.63) is 68.7 Å². The molecule has 1 N–H and O–H groups in total. The zero-order valence-electron chi connectivity index (χ0n) is 15.9. The number of nitrogens with zero attached hydrogens (tertiary/aromatic N) is 2. The van der Waals surface area contributed by atoms with Crippen molar-refractivity contribution in [1.29, 1.82) is 0 Å². The number of anilines is 1. The first kappa shape index (κ1) is 20.8. The van der Waals surface area contributed by atoms with Crippen molar-refractivity contribution in [3.8, 4) is 0 Å². The lowest BCUT2D eigenvalue weighted by Gasteiger charge is -2.25. The number of nitrogens with one attached hydrogen (secondary N) is 1. The minimum atomic E-state index is -0.578. The topological polar surface area (TPSA) is 92.6 Å². The number of likely N-dealkylation sites (tertiary alicyclic amines) is 1. The average molecular weight is 416 g/mol. The van der Waals surface area contributed by atoms with Crippen LogP contribution in [0.25, 0.3) is 0 Å². The maximum atomic E-state index is 13.1. The Bertz CT molecular complexity index is 924. The number of hydrogen-bond donors (Lipinski definition) is 1. The number of hydrogen-bond acceptors (Lipinski definition) is 4. The number of carbonyl (C=O) groups excluding carboxylic acids is 2. The van der Waals surface area contributed by atoms with Gasteiger partial charge in [0.05, 0.1) is 26.8 Å². The molecule has 29 heavy (non-hydrogen) atoms. The summed E-state index contributed by atoms with van der Waals surface area (Å²) in [5.41, 5.74) is 0.712. The van der Waals surface area contributed by atoms with Gasteiger partial charge >= 0.3 is 0 Å². The van der Waals surface area contributed by atoms with Gasteiger partial charge in [0.25, 0.3) is 17.5 Å². The summed E-state index contributed by atoms with van der Waals surface area (Å²) in [5.74, 6) is -0.643. The summed E-state index contributed by atoms with van der Waals surface area (Å²) in [4.78, 5) is 37.8. The molecule has 0 bridgehead atoms. The molecule has 7 nitrogen and oxygen atoms in total. The fourth-order valence-corrected chi connectivity index (χ4v) is 3.65. The first-order valence-corrected chi connectivity index (χ1v) is 9.99. The molecule has 0 spiro atoms. The van der Waals surface area contributed by atoms with Crippen LogP contribution in [0.5, 0.6) is 0 Å². The van der Waals surface area contributed by atoms with Crippen molar-refractivity contribution in [2.24, 2.45) is 0 Å². The molecule has 0 atom stereocenters. The summed E-state index contributed by atoms with van der Waals surface area (Å²) in [5, 5.41) is 13.5. The second kappa shape index (κ2) is 9.52. The highest BCUT2D eigenvalue weighted by atomic mass is 35.5. The van der Waals surface area contributed by atoms with Gasteiger partial charge in [-0.15, -0.1) is 0 Å². The van der Waals surface area contributed by atoms with Crippen molar-refractivity contribution in [1.82, 2.24) is 4.90 Å². The lowest BCUT2D eigenvalue weighted by Crippen LogP contribution is -2.34. The molecule has 152 valence electrons. The Kier molecular flexibility index (Phi) is 6.82. The Hall–Kier alpha value is -2.93. The quantitative estimate of drug-likeness (QED) is 0.567. The highest BCUT2D eigenvalue weighted by Gasteiger charge is 2.21. The van der Waals surface area contributed by atoms with E-state index >= 15 is 0 Å². The lowest BCUT2D eigenvalue weighted by molar-refractivity contribution is -0.384. The predicted molar refractivity (Wildman–Crippen MR) is 111 cm³/mol. The Morgan fingerprint density at radius 1 is 0.966 bits per heavy atom. The number of para-hydroxylation sites is 1. The molecule has 1 aliphatic heterocycles. The van der Waals surface area contributed by atoms with Gasteiger partial charge in [0.15, 0.2) is 0 Å². The molecular formula is C21H22ClN3O4. The minimum absolute atomic E-state index is 0.0238. The average Bonchev–Trinajstić information content (AvgIpc) is 2.67. The van der Waals surface area contributed by atoms with Gasteiger partial charge in [-0.25, -0.2) is 0 Å². The molecule has 1 fully saturated rings. The third-order valence-electron chi connectivity index (χ3n) is 4.96. The van der Waals surface area contributed by atoms with Crippen molar-refractivity contribution in [3.63, 3.8) is 0 Å². The van der Waals surface area contributed by atoms with Crippen molar-refractivity contribution in [2.75, 3.05) is 18.4 Å². The monoisotopic (exact) mass is 415 g/mol. The molecule has 8 heteroatoms. The van der Waals surface area contributed by atoms with Crippen LogP contribution in [0.2, 0.25) is 5.02 Å². The largest absolute Gasteiger partial charge is 0.339 e. The predicted octanol–water partition coefficient (Wildman–Crippen LogP) is 4.91. The van der Waals surface area contributed by atoms with Gasteiger partial charge in [-0.3, -0.25) is 19.7 Å². The van der Waals surface area contributed by atoms with Crippen LogP contribution in [-0.2, 0) is 0 Å². The number of non-ortho nitro benzene ring substituents is 1. The van der Waals surface area contributed by atoms with E-state index in [-0.39, 0.29) is 22.2 Å². The van der Waals surface area contributed by atoms with E-state index in [0.717, 1.165) is 31.7 Å². The van der Waals surface area contributed by atoms with E-state index in [9.17, 15) is 19.7 Å². The van der Waals surface area contributed by atoms with Crippen LogP contribution < -0.4 is 5.32 Å². The van der Waals surface area contributed by atoms with E-state index in [1.54, 1.807) is 24.3 Å². The maximum absolute atomic E-state index is 13.1. The number of benzene rings is 2. The summed E-state index contributed by atoms with van der Waals surface area (Å²) in [6, 6.07) is 10.5. The Labute approximate surface area is 173 Å². The Morgan fingerprint density at radius 3 is 2.28 bits per heavy atom. The summed E-state index contributed by atoms with van der Waals surface area (Å²) >= 11 is 6.05. The fourth-order valence-electron chi connectivity index (χ4n) is 3.39. The van der Waals surface area contributed by atoms with Crippen molar-refractivity contribution < 1.29 is 14.5 Å². The third kappa shape index (κ3) is 5.12. The molecule has 1 saturated heterocycles. The zero-order valence-corrected chi connectivity index (χ0v) is 16.7. The molecule has 0 saturated carbocycles. The van der Waals surface area contributed by atoms with Gasteiger partial charge in [-0.2, -0.15) is 0 Å². The smallest absolute Gasteiger partial charge is 0.270 e. The summed E-state index contributed by atoms with van der Waals surface area (Å²) in [7, 11) is 0. The molecule has 2 aromatic rings. The van der Waals surface area contributed by atoms with Gasteiger partial charge < -0.3 is 10.2 Å². The van der Waals surface area contributed by atoms with Gasteiger partial charge in [-0.05, 0) is 31.0 Å². The zero-order chi connectivity index (χ0) is 20.8. The second-order valence-corrected chi connectivity index (χ2v) is 7.39. The highest BCUT2D eigenvalue weighted by Crippen LogP contribution is 2.25. The van der Waals surface area contributed by atoms with Crippen LogP contribution in [0, 0.1) is 10.1 Å². The molecule has 3 rings (SSSR count). The highest BCUT2D eigenvalue weighted by molar-refractivity contribution is 6.34. The van der Waals surface area contributed by atoms with Crippen LogP contribution in [0.4, 0.5) is 11.4 Å². The molecule has 2 amide bonds. The molecular weight excluding hydrogens is 394 g/mol. The Balaban J connectivity index is 1.80. The lowest BCUT2D eigenvalue weighted by atomic mass is 10.1. The number of amides is 2. The first-order valence-electron chi connectivity index (χ1n) is 9.61. The summed E-state index contributed by atoms with van der Waals surface area (Å²) < 4.78 is 0. The summed E-state index contributed by atoms with van der Waals surface area (Å²) in [6.45, 7) is 1.41. The molecule has 0 radical (unpaired) electrons. The molecule has 2 aromatic carbocycles. The summed E-state index contributed by atoms with van der Waals surface area (Å²) in [6.07, 6.45) is 5.36. The molecule has 1 aliphatic rings. The van der Waals surface area contributed by atoms with E-state index in [2.05, 4.69) is 5.32 Å². The van der Waals surface area contributed by atoms with Crippen molar-refractivity contribution >= 4 is 34.8 Å². The van der Waals surface area contributed by atoms with E-state index in [1.165, 1.54) is 18.6 Å². The van der Waals surface area contributed by atoms with Crippen molar-refractivity contribution in [2.45, 2.75) is 32.1 Å². The van der Waals surface area contributed by atoms with Crippen LogP contribution in [0.15, 0.2) is 42.5 Å². The second-order valence-electron chi connectivity index (χ2n) is 6.98. The molecule has 1 heterocycles. The number of nitro benzene ring substituents is 1. The number of carbonyl (C=O) groups is 2. The normalized spacial score (nSPS) is 14.6. The Morgan fingerprint density at radius 2 is 1.62 bits per heavy atom. The SMILES string of the molecule is O=C(Nc1ccccc1C(=O)N1CCCCCCC1)c1ccc([N+](=O)[O-])cc1Cl. The van der Waals surface area contributed by atoms with Crippen LogP contribution in [-0.4, -0.2) is 34.7 Å². The van der Waals surface area contributed by atoms with E-state index in [0.29, 0.717) is 24.3 Å². The number of nitro groups is 1. The number of halogens is 1. The standard InChI is InChI=1S/C21H22ClN3O4/c22-18-14-15(25(28)29)10-11-16(18)20(26)23-19-9-5-4-8-17(19)21(27)24-12-6-2-1-3-7-13-24/h4-5,8-11,14H,1-3,6-7,12-13H2,(H,23,26). The molecule has 0 aliphatic carbocycles. The van der Waals surface area contributed by atoms with E-state index < -0.39 is 10.8 Å². The maximum Gasteiger partial charge on any atom is 0.270 e. The van der Waals surface area contributed by atoms with E-state index in [1.807, 2.05) is 4.90 Å². The minimum Gasteiger partial charge on any atom is -0.339 e. The number of rotatable bonds is 4. The van der Waals surface area contributed by atoms with Crippen LogP contribution in [0.3, 0.4) is 0 Å². The molecule has 0 aromatic heterocycles. The van der Waals surface area contributed by atoms with Gasteiger partial charge in [0, 0.05) is 25.2 Å². The van der Waals surface area contributed by atoms with Gasteiger partial charge in [-0.1, -0.05) is 43.0 Å². The molecule has 0 unspecified atom stereocenters.